The van der Waals surface area contributed by atoms with E-state index >= 15 is 0 Å². The number of nitro benzene ring substituents is 1. The normalized spacial score (nSPS) is 19.3. The Balaban J connectivity index is 1.95. The van der Waals surface area contributed by atoms with Gasteiger partial charge in [-0.1, -0.05) is 24.6 Å². The van der Waals surface area contributed by atoms with Crippen molar-refractivity contribution in [3.63, 3.8) is 0 Å². The van der Waals surface area contributed by atoms with E-state index in [1.54, 1.807) is 18.2 Å². The highest BCUT2D eigenvalue weighted by atomic mass is 16.6. The monoisotopic (exact) mass is 352 g/mol. The van der Waals surface area contributed by atoms with Crippen LogP contribution in [0.3, 0.4) is 0 Å². The van der Waals surface area contributed by atoms with E-state index in [0.717, 1.165) is 43.2 Å². The molecule has 2 aromatic rings. The summed E-state index contributed by atoms with van der Waals surface area (Å²) in [5.74, 6) is 0.463. The largest absolute Gasteiger partial charge is 0.369 e. The Hall–Kier alpha value is -3.16. The lowest BCUT2D eigenvalue weighted by Crippen LogP contribution is -2.58. The molecule has 8 nitrogen and oxygen atoms in total. The molecule has 1 aliphatic carbocycles. The Labute approximate surface area is 150 Å². The van der Waals surface area contributed by atoms with Crippen LogP contribution in [0.15, 0.2) is 46.4 Å². The van der Waals surface area contributed by atoms with E-state index in [9.17, 15) is 10.1 Å². The molecule has 1 heterocycles. The molecule has 1 spiro atoms. The third-order valence-electron chi connectivity index (χ3n) is 5.17. The molecule has 8 heteroatoms. The van der Waals surface area contributed by atoms with Gasteiger partial charge in [0, 0.05) is 11.5 Å². The molecular weight excluding hydrogens is 332 g/mol. The molecule has 2 aromatic carbocycles. The Morgan fingerprint density at radius 2 is 1.73 bits per heavy atom. The van der Waals surface area contributed by atoms with Crippen LogP contribution in [0.2, 0.25) is 0 Å². The summed E-state index contributed by atoms with van der Waals surface area (Å²) in [5, 5.41) is 12.7. The van der Waals surface area contributed by atoms with Gasteiger partial charge in [0.15, 0.2) is 0 Å². The molecule has 0 radical (unpaired) electrons. The summed E-state index contributed by atoms with van der Waals surface area (Å²) in [5.41, 5.74) is 12.5. The number of non-ortho nitro benzene ring substituents is 1. The van der Waals surface area contributed by atoms with E-state index < -0.39 is 5.66 Å². The smallest absolute Gasteiger partial charge is 0.277 e. The Morgan fingerprint density at radius 3 is 2.42 bits per heavy atom. The van der Waals surface area contributed by atoms with Crippen LogP contribution in [0.5, 0.6) is 0 Å². The van der Waals surface area contributed by atoms with Crippen molar-refractivity contribution in [3.05, 3.63) is 46.5 Å². The van der Waals surface area contributed by atoms with Crippen molar-refractivity contribution in [2.75, 3.05) is 4.90 Å². The summed E-state index contributed by atoms with van der Waals surface area (Å²) in [6, 6.07) is 10.5. The van der Waals surface area contributed by atoms with Gasteiger partial charge in [0.1, 0.15) is 5.66 Å². The van der Waals surface area contributed by atoms with Crippen molar-refractivity contribution >= 4 is 34.1 Å². The molecule has 0 atom stereocenters. The fraction of sp³-hybridized carbons (Fsp3) is 0.333. The van der Waals surface area contributed by atoms with Crippen LogP contribution >= 0.6 is 0 Å². The van der Waals surface area contributed by atoms with Crippen molar-refractivity contribution in [1.82, 2.24) is 0 Å². The molecule has 2 aliphatic rings. The fourth-order valence-electron chi connectivity index (χ4n) is 4.09. The predicted octanol–water partition coefficient (Wildman–Crippen LogP) is 2.86. The maximum absolute atomic E-state index is 11.4. The molecule has 0 amide bonds. The predicted molar refractivity (Wildman–Crippen MR) is 102 cm³/mol. The van der Waals surface area contributed by atoms with Crippen molar-refractivity contribution < 1.29 is 4.92 Å². The summed E-state index contributed by atoms with van der Waals surface area (Å²) < 4.78 is 0. The zero-order valence-electron chi connectivity index (χ0n) is 14.3. The second-order valence-corrected chi connectivity index (χ2v) is 6.73. The maximum Gasteiger partial charge on any atom is 0.277 e. The average molecular weight is 352 g/mol. The van der Waals surface area contributed by atoms with Gasteiger partial charge in [0.05, 0.1) is 16.0 Å². The summed E-state index contributed by atoms with van der Waals surface area (Å²) >= 11 is 0. The second kappa shape index (κ2) is 5.98. The molecule has 1 aliphatic heterocycles. The lowest BCUT2D eigenvalue weighted by molar-refractivity contribution is -0.383. The minimum absolute atomic E-state index is 0.0672. The first-order valence-corrected chi connectivity index (χ1v) is 8.68. The number of hydrogen-bond acceptors (Lipinski definition) is 7. The van der Waals surface area contributed by atoms with Crippen LogP contribution in [-0.4, -0.2) is 22.5 Å². The zero-order chi connectivity index (χ0) is 18.3. The standard InChI is InChI=1S/C18H20N6O2/c19-16-21-17(20)23(18(22-16)10-4-1-5-11-18)14-8-9-15(24(25)26)13-7-3-2-6-12(13)14/h2-3,6-9H,1,4-5,10-11H2,(H4,19,20,21,22). The lowest BCUT2D eigenvalue weighted by Gasteiger charge is -2.45. The summed E-state index contributed by atoms with van der Waals surface area (Å²) in [7, 11) is 0. The minimum Gasteiger partial charge on any atom is -0.369 e. The molecule has 0 saturated heterocycles. The first-order chi connectivity index (χ1) is 12.5. The molecule has 1 saturated carbocycles. The molecular formula is C18H20N6O2. The molecule has 134 valence electrons. The minimum atomic E-state index is -0.576. The number of nitrogens with zero attached hydrogens (tertiary/aromatic N) is 4. The third-order valence-corrected chi connectivity index (χ3v) is 5.17. The summed E-state index contributed by atoms with van der Waals surface area (Å²) in [6.45, 7) is 0. The van der Waals surface area contributed by atoms with Crippen LogP contribution in [0.25, 0.3) is 10.8 Å². The number of nitro groups is 1. The van der Waals surface area contributed by atoms with Gasteiger partial charge in [0.25, 0.3) is 5.69 Å². The topological polar surface area (TPSA) is 123 Å². The van der Waals surface area contributed by atoms with E-state index in [0.29, 0.717) is 5.39 Å². The van der Waals surface area contributed by atoms with Gasteiger partial charge in [-0.3, -0.25) is 15.0 Å². The van der Waals surface area contributed by atoms with Crippen LogP contribution in [0, 0.1) is 10.1 Å². The van der Waals surface area contributed by atoms with Crippen LogP contribution in [-0.2, 0) is 0 Å². The summed E-state index contributed by atoms with van der Waals surface area (Å²) in [4.78, 5) is 21.8. The summed E-state index contributed by atoms with van der Waals surface area (Å²) in [6.07, 6.45) is 4.81. The van der Waals surface area contributed by atoms with E-state index in [1.165, 1.54) is 6.07 Å². The molecule has 1 fully saturated rings. The lowest BCUT2D eigenvalue weighted by atomic mass is 9.87. The molecule has 0 unspecified atom stereocenters. The first-order valence-electron chi connectivity index (χ1n) is 8.68. The van der Waals surface area contributed by atoms with Crippen molar-refractivity contribution in [2.45, 2.75) is 37.8 Å². The second-order valence-electron chi connectivity index (χ2n) is 6.73. The van der Waals surface area contributed by atoms with Gasteiger partial charge >= 0.3 is 0 Å². The van der Waals surface area contributed by atoms with E-state index in [2.05, 4.69) is 9.98 Å². The Bertz CT molecular complexity index is 946. The van der Waals surface area contributed by atoms with E-state index in [1.807, 2.05) is 17.0 Å². The van der Waals surface area contributed by atoms with Gasteiger partial charge < -0.3 is 11.5 Å². The average Bonchev–Trinajstić information content (AvgIpc) is 2.61. The number of hydrogen-bond donors (Lipinski definition) is 2. The van der Waals surface area contributed by atoms with Gasteiger partial charge in [0.2, 0.25) is 11.9 Å². The third kappa shape index (κ3) is 2.45. The van der Waals surface area contributed by atoms with E-state index in [-0.39, 0.29) is 22.5 Å². The highest BCUT2D eigenvalue weighted by molar-refractivity contribution is 6.11. The number of fused-ring (bicyclic) bond motifs is 1. The maximum atomic E-state index is 11.4. The van der Waals surface area contributed by atoms with Gasteiger partial charge in [-0.2, -0.15) is 4.99 Å². The highest BCUT2D eigenvalue weighted by Crippen LogP contribution is 2.43. The van der Waals surface area contributed by atoms with Crippen molar-refractivity contribution in [3.8, 4) is 0 Å². The number of guanidine groups is 2. The van der Waals surface area contributed by atoms with Gasteiger partial charge in [-0.15, -0.1) is 0 Å². The fourth-order valence-corrected chi connectivity index (χ4v) is 4.09. The molecule has 0 bridgehead atoms. The number of rotatable bonds is 2. The number of benzene rings is 2. The molecule has 0 aromatic heterocycles. The first kappa shape index (κ1) is 16.3. The molecule has 4 N–H and O–H groups in total. The molecule has 4 rings (SSSR count). The van der Waals surface area contributed by atoms with Crippen LogP contribution in [0.1, 0.15) is 32.1 Å². The zero-order valence-corrected chi connectivity index (χ0v) is 14.3. The Morgan fingerprint density at radius 1 is 1.04 bits per heavy atom. The van der Waals surface area contributed by atoms with Crippen molar-refractivity contribution in [2.24, 2.45) is 21.5 Å². The van der Waals surface area contributed by atoms with E-state index in [4.69, 9.17) is 11.5 Å². The Kier molecular flexibility index (Phi) is 3.75. The number of nitrogens with two attached hydrogens (primary N) is 2. The van der Waals surface area contributed by atoms with Gasteiger partial charge in [-0.25, -0.2) is 4.99 Å². The van der Waals surface area contributed by atoms with Crippen molar-refractivity contribution in [1.29, 1.82) is 0 Å². The SMILES string of the molecule is NC1=NC2(CCCCC2)N(c2ccc([N+](=O)[O-])c3ccccc23)C(N)=N1. The quantitative estimate of drug-likeness (QED) is 0.635. The number of aliphatic imine (C=N–C) groups is 2. The number of anilines is 1. The molecule has 26 heavy (non-hydrogen) atoms. The van der Waals surface area contributed by atoms with Crippen LogP contribution < -0.4 is 16.4 Å². The van der Waals surface area contributed by atoms with Crippen LogP contribution in [0.4, 0.5) is 11.4 Å². The van der Waals surface area contributed by atoms with Gasteiger partial charge in [-0.05, 0) is 37.8 Å². The highest BCUT2D eigenvalue weighted by Gasteiger charge is 2.43.